The molecule has 0 bridgehead atoms. The van der Waals surface area contributed by atoms with Crippen molar-refractivity contribution in [2.24, 2.45) is 5.92 Å². The standard InChI is InChI=1S/C12H19N3O2/c1-3-15-8-9(5-14-15)10-6-13-7-11(10)12(16)17-4-2/h5,8,10-11,13H,3-4,6-7H2,1-2H3. The molecule has 0 radical (unpaired) electrons. The molecule has 17 heavy (non-hydrogen) atoms. The molecule has 1 N–H and O–H groups in total. The van der Waals surface area contributed by atoms with Crippen molar-refractivity contribution in [2.45, 2.75) is 26.3 Å². The number of nitrogens with zero attached hydrogens (tertiary/aromatic N) is 2. The summed E-state index contributed by atoms with van der Waals surface area (Å²) in [7, 11) is 0. The number of aromatic nitrogens is 2. The number of carbonyl (C=O) groups is 1. The SMILES string of the molecule is CCOC(=O)C1CNCC1c1cnn(CC)c1. The predicted octanol–water partition coefficient (Wildman–Crippen LogP) is 0.769. The normalized spacial score (nSPS) is 23.9. The van der Waals surface area contributed by atoms with Gasteiger partial charge in [0.25, 0.3) is 0 Å². The second-order valence-corrected chi connectivity index (χ2v) is 4.25. The van der Waals surface area contributed by atoms with Crippen LogP contribution >= 0.6 is 0 Å². The van der Waals surface area contributed by atoms with E-state index in [1.165, 1.54) is 0 Å². The summed E-state index contributed by atoms with van der Waals surface area (Å²) in [6, 6.07) is 0. The highest BCUT2D eigenvalue weighted by atomic mass is 16.5. The average Bonchev–Trinajstić information content (AvgIpc) is 2.97. The Morgan fingerprint density at radius 2 is 2.41 bits per heavy atom. The molecule has 2 unspecified atom stereocenters. The van der Waals surface area contributed by atoms with Gasteiger partial charge in [-0.2, -0.15) is 5.10 Å². The van der Waals surface area contributed by atoms with Gasteiger partial charge in [0.05, 0.1) is 18.7 Å². The summed E-state index contributed by atoms with van der Waals surface area (Å²) >= 11 is 0. The molecule has 0 amide bonds. The predicted molar refractivity (Wildman–Crippen MR) is 63.6 cm³/mol. The fourth-order valence-electron chi connectivity index (χ4n) is 2.27. The molecule has 94 valence electrons. The van der Waals surface area contributed by atoms with Crippen LogP contribution in [-0.4, -0.2) is 35.4 Å². The van der Waals surface area contributed by atoms with E-state index in [1.54, 1.807) is 0 Å². The molecule has 5 heteroatoms. The Labute approximate surface area is 101 Å². The van der Waals surface area contributed by atoms with E-state index in [0.29, 0.717) is 13.2 Å². The molecular weight excluding hydrogens is 218 g/mol. The van der Waals surface area contributed by atoms with Crippen LogP contribution in [0.1, 0.15) is 25.3 Å². The van der Waals surface area contributed by atoms with Gasteiger partial charge in [0, 0.05) is 31.7 Å². The molecule has 1 aliphatic heterocycles. The lowest BCUT2D eigenvalue weighted by Crippen LogP contribution is -2.23. The first-order valence-corrected chi connectivity index (χ1v) is 6.16. The van der Waals surface area contributed by atoms with E-state index in [-0.39, 0.29) is 17.8 Å². The van der Waals surface area contributed by atoms with Crippen LogP contribution in [0.15, 0.2) is 12.4 Å². The summed E-state index contributed by atoms with van der Waals surface area (Å²) in [5.74, 6) is 0.00514. The number of hydrogen-bond acceptors (Lipinski definition) is 4. The lowest BCUT2D eigenvalue weighted by atomic mass is 9.91. The van der Waals surface area contributed by atoms with Gasteiger partial charge in [-0.05, 0) is 19.4 Å². The molecule has 2 atom stereocenters. The molecule has 2 heterocycles. The van der Waals surface area contributed by atoms with Crippen LogP contribution < -0.4 is 5.32 Å². The Kier molecular flexibility index (Phi) is 3.78. The van der Waals surface area contributed by atoms with Crippen molar-refractivity contribution in [1.29, 1.82) is 0 Å². The maximum absolute atomic E-state index is 11.8. The van der Waals surface area contributed by atoms with Crippen LogP contribution in [0.25, 0.3) is 0 Å². The molecule has 1 aromatic heterocycles. The molecule has 0 spiro atoms. The highest BCUT2D eigenvalue weighted by molar-refractivity contribution is 5.74. The zero-order chi connectivity index (χ0) is 12.3. The molecule has 0 aromatic carbocycles. The van der Waals surface area contributed by atoms with Crippen molar-refractivity contribution in [1.82, 2.24) is 15.1 Å². The first-order chi connectivity index (χ1) is 8.26. The van der Waals surface area contributed by atoms with Crippen LogP contribution in [0.4, 0.5) is 0 Å². The molecule has 0 saturated carbocycles. The van der Waals surface area contributed by atoms with Gasteiger partial charge >= 0.3 is 5.97 Å². The smallest absolute Gasteiger partial charge is 0.310 e. The lowest BCUT2D eigenvalue weighted by Gasteiger charge is -2.15. The molecule has 1 fully saturated rings. The van der Waals surface area contributed by atoms with E-state index in [2.05, 4.69) is 10.4 Å². The van der Waals surface area contributed by atoms with Crippen molar-refractivity contribution < 1.29 is 9.53 Å². The van der Waals surface area contributed by atoms with Crippen LogP contribution in [-0.2, 0) is 16.1 Å². The van der Waals surface area contributed by atoms with E-state index in [9.17, 15) is 4.79 Å². The van der Waals surface area contributed by atoms with Gasteiger partial charge in [-0.3, -0.25) is 9.48 Å². The zero-order valence-electron chi connectivity index (χ0n) is 10.3. The number of carbonyl (C=O) groups excluding carboxylic acids is 1. The molecule has 1 aliphatic rings. The van der Waals surface area contributed by atoms with E-state index < -0.39 is 0 Å². The van der Waals surface area contributed by atoms with Crippen molar-refractivity contribution in [2.75, 3.05) is 19.7 Å². The van der Waals surface area contributed by atoms with Crippen LogP contribution in [0.2, 0.25) is 0 Å². The minimum absolute atomic E-state index is 0.0792. The number of esters is 1. The molecular formula is C12H19N3O2. The number of rotatable bonds is 4. The van der Waals surface area contributed by atoms with Gasteiger partial charge in [0.2, 0.25) is 0 Å². The minimum Gasteiger partial charge on any atom is -0.466 e. The average molecular weight is 237 g/mol. The van der Waals surface area contributed by atoms with Crippen molar-refractivity contribution in [3.63, 3.8) is 0 Å². The fraction of sp³-hybridized carbons (Fsp3) is 0.667. The summed E-state index contributed by atoms with van der Waals surface area (Å²) in [5.41, 5.74) is 1.12. The monoisotopic (exact) mass is 237 g/mol. The molecule has 1 aromatic rings. The summed E-state index contributed by atoms with van der Waals surface area (Å²) in [6.45, 7) is 6.69. The second kappa shape index (κ2) is 5.31. The van der Waals surface area contributed by atoms with Crippen LogP contribution in [0.3, 0.4) is 0 Å². The van der Waals surface area contributed by atoms with Crippen molar-refractivity contribution >= 4 is 5.97 Å². The Morgan fingerprint density at radius 3 is 3.06 bits per heavy atom. The fourth-order valence-corrected chi connectivity index (χ4v) is 2.27. The maximum Gasteiger partial charge on any atom is 0.310 e. The second-order valence-electron chi connectivity index (χ2n) is 4.25. The van der Waals surface area contributed by atoms with Gasteiger partial charge in [-0.1, -0.05) is 0 Å². The largest absolute Gasteiger partial charge is 0.466 e. The molecule has 0 aliphatic carbocycles. The Balaban J connectivity index is 2.11. The summed E-state index contributed by atoms with van der Waals surface area (Å²) < 4.78 is 6.99. The highest BCUT2D eigenvalue weighted by Gasteiger charge is 2.35. The van der Waals surface area contributed by atoms with E-state index in [1.807, 2.05) is 30.9 Å². The Bertz CT molecular complexity index is 389. The third kappa shape index (κ3) is 2.49. The number of ether oxygens (including phenoxy) is 1. The lowest BCUT2D eigenvalue weighted by molar-refractivity contribution is -0.147. The van der Waals surface area contributed by atoms with Crippen LogP contribution in [0.5, 0.6) is 0 Å². The van der Waals surface area contributed by atoms with Crippen LogP contribution in [0, 0.1) is 5.92 Å². The number of hydrogen-bond donors (Lipinski definition) is 1. The first kappa shape index (κ1) is 12.1. The number of aryl methyl sites for hydroxylation is 1. The van der Waals surface area contributed by atoms with E-state index in [0.717, 1.165) is 18.7 Å². The first-order valence-electron chi connectivity index (χ1n) is 6.16. The summed E-state index contributed by atoms with van der Waals surface area (Å²) in [6.07, 6.45) is 3.87. The quantitative estimate of drug-likeness (QED) is 0.786. The minimum atomic E-state index is -0.105. The van der Waals surface area contributed by atoms with Crippen molar-refractivity contribution in [3.05, 3.63) is 18.0 Å². The van der Waals surface area contributed by atoms with E-state index in [4.69, 9.17) is 4.74 Å². The molecule has 1 saturated heterocycles. The third-order valence-corrected chi connectivity index (χ3v) is 3.21. The van der Waals surface area contributed by atoms with Gasteiger partial charge in [-0.15, -0.1) is 0 Å². The zero-order valence-corrected chi connectivity index (χ0v) is 10.3. The maximum atomic E-state index is 11.8. The third-order valence-electron chi connectivity index (χ3n) is 3.21. The van der Waals surface area contributed by atoms with Gasteiger partial charge in [-0.25, -0.2) is 0 Å². The number of nitrogens with one attached hydrogen (secondary N) is 1. The Morgan fingerprint density at radius 1 is 1.59 bits per heavy atom. The van der Waals surface area contributed by atoms with Gasteiger partial charge in [0.15, 0.2) is 0 Å². The molecule has 2 rings (SSSR count). The Hall–Kier alpha value is -1.36. The topological polar surface area (TPSA) is 56.1 Å². The highest BCUT2D eigenvalue weighted by Crippen LogP contribution is 2.28. The van der Waals surface area contributed by atoms with Gasteiger partial charge in [0.1, 0.15) is 0 Å². The summed E-state index contributed by atoms with van der Waals surface area (Å²) in [5, 5.41) is 7.51. The summed E-state index contributed by atoms with van der Waals surface area (Å²) in [4.78, 5) is 11.8. The van der Waals surface area contributed by atoms with Crippen molar-refractivity contribution in [3.8, 4) is 0 Å². The van der Waals surface area contributed by atoms with Gasteiger partial charge < -0.3 is 10.1 Å². The van der Waals surface area contributed by atoms with E-state index >= 15 is 0 Å². The molecule has 5 nitrogen and oxygen atoms in total.